The smallest absolute Gasteiger partial charge is 0.0346 e. The monoisotopic (exact) mass is 287 g/mol. The molecule has 0 bridgehead atoms. The van der Waals surface area contributed by atoms with E-state index >= 15 is 0 Å². The second kappa shape index (κ2) is 7.98. The van der Waals surface area contributed by atoms with Crippen molar-refractivity contribution in [2.24, 2.45) is 17.8 Å². The topological polar surface area (TPSA) is 12.0 Å². The maximum atomic E-state index is 3.60. The Hall–Kier alpha value is -0.820. The fourth-order valence-electron chi connectivity index (χ4n) is 3.99. The number of hydrogen-bond donors (Lipinski definition) is 1. The Labute approximate surface area is 131 Å². The Morgan fingerprint density at radius 1 is 1.14 bits per heavy atom. The van der Waals surface area contributed by atoms with E-state index in [1.54, 1.807) is 0 Å². The molecule has 0 radical (unpaired) electrons. The predicted octanol–water partition coefficient (Wildman–Crippen LogP) is 5.36. The van der Waals surface area contributed by atoms with Gasteiger partial charge in [0.15, 0.2) is 0 Å². The molecular formula is C20H33N. The summed E-state index contributed by atoms with van der Waals surface area (Å²) in [6.45, 7) is 6.94. The summed E-state index contributed by atoms with van der Waals surface area (Å²) in [7, 11) is 2.13. The summed E-state index contributed by atoms with van der Waals surface area (Å²) >= 11 is 0. The van der Waals surface area contributed by atoms with Crippen LogP contribution in [0.25, 0.3) is 0 Å². The highest BCUT2D eigenvalue weighted by molar-refractivity contribution is 5.27. The van der Waals surface area contributed by atoms with Gasteiger partial charge in [0.05, 0.1) is 0 Å². The summed E-state index contributed by atoms with van der Waals surface area (Å²) in [6, 6.07) is 9.82. The first-order valence-electron chi connectivity index (χ1n) is 8.90. The van der Waals surface area contributed by atoms with Crippen LogP contribution in [-0.2, 0) is 6.42 Å². The summed E-state index contributed by atoms with van der Waals surface area (Å²) in [5, 5.41) is 3.60. The number of hydrogen-bond acceptors (Lipinski definition) is 1. The second-order valence-corrected chi connectivity index (χ2v) is 7.30. The first-order valence-corrected chi connectivity index (χ1v) is 8.90. The van der Waals surface area contributed by atoms with E-state index in [1.807, 2.05) is 0 Å². The standard InChI is InChI=1S/C20H33N/c1-5-16-9-11-18(12-10-16)20(21-4)19-8-6-7-17(14-19)13-15(2)3/h6-8,14-16,18,20-21H,5,9-13H2,1-4H3. The molecule has 1 nitrogen and oxygen atoms in total. The molecule has 1 aromatic carbocycles. The van der Waals surface area contributed by atoms with Crippen molar-refractivity contribution in [2.45, 2.75) is 65.3 Å². The maximum absolute atomic E-state index is 3.60. The molecule has 118 valence electrons. The van der Waals surface area contributed by atoms with Gasteiger partial charge in [-0.2, -0.15) is 0 Å². The van der Waals surface area contributed by atoms with Crippen molar-refractivity contribution in [1.82, 2.24) is 5.32 Å². The fraction of sp³-hybridized carbons (Fsp3) is 0.700. The molecule has 1 aromatic rings. The van der Waals surface area contributed by atoms with E-state index < -0.39 is 0 Å². The average Bonchev–Trinajstić information content (AvgIpc) is 2.48. The third-order valence-electron chi connectivity index (χ3n) is 5.21. The van der Waals surface area contributed by atoms with Crippen LogP contribution in [-0.4, -0.2) is 7.05 Å². The van der Waals surface area contributed by atoms with Crippen molar-refractivity contribution < 1.29 is 0 Å². The van der Waals surface area contributed by atoms with Crippen LogP contribution in [0.15, 0.2) is 24.3 Å². The third-order valence-corrected chi connectivity index (χ3v) is 5.21. The van der Waals surface area contributed by atoms with Gasteiger partial charge in [-0.05, 0) is 55.2 Å². The van der Waals surface area contributed by atoms with E-state index in [-0.39, 0.29) is 0 Å². The number of nitrogens with one attached hydrogen (secondary N) is 1. The normalized spacial score (nSPS) is 24.2. The first kappa shape index (κ1) is 16.5. The van der Waals surface area contributed by atoms with Crippen molar-refractivity contribution in [3.8, 4) is 0 Å². The van der Waals surface area contributed by atoms with Crippen molar-refractivity contribution in [3.63, 3.8) is 0 Å². The molecule has 2 rings (SSSR count). The molecule has 1 unspecified atom stereocenters. The zero-order chi connectivity index (χ0) is 15.2. The Morgan fingerprint density at radius 3 is 2.43 bits per heavy atom. The van der Waals surface area contributed by atoms with E-state index in [9.17, 15) is 0 Å². The average molecular weight is 287 g/mol. The van der Waals surface area contributed by atoms with Crippen LogP contribution < -0.4 is 5.32 Å². The van der Waals surface area contributed by atoms with E-state index in [2.05, 4.69) is 57.4 Å². The SMILES string of the molecule is CCC1CCC(C(NC)c2cccc(CC(C)C)c2)CC1. The molecule has 0 amide bonds. The molecule has 1 aliphatic rings. The van der Waals surface area contributed by atoms with Crippen molar-refractivity contribution in [2.75, 3.05) is 7.05 Å². The van der Waals surface area contributed by atoms with Crippen LogP contribution in [0, 0.1) is 17.8 Å². The molecule has 1 heteroatoms. The molecule has 1 aliphatic carbocycles. The molecule has 21 heavy (non-hydrogen) atoms. The summed E-state index contributed by atoms with van der Waals surface area (Å²) in [4.78, 5) is 0. The van der Waals surface area contributed by atoms with Gasteiger partial charge in [-0.1, -0.05) is 64.3 Å². The van der Waals surface area contributed by atoms with Crippen LogP contribution in [0.1, 0.15) is 70.0 Å². The fourth-order valence-corrected chi connectivity index (χ4v) is 3.99. The third kappa shape index (κ3) is 4.57. The Bertz CT molecular complexity index is 416. The molecule has 0 saturated heterocycles. The zero-order valence-electron chi connectivity index (χ0n) is 14.4. The molecule has 0 aliphatic heterocycles. The lowest BCUT2D eigenvalue weighted by molar-refractivity contribution is 0.224. The summed E-state index contributed by atoms with van der Waals surface area (Å²) in [5.41, 5.74) is 2.99. The highest BCUT2D eigenvalue weighted by atomic mass is 14.9. The van der Waals surface area contributed by atoms with E-state index in [0.29, 0.717) is 6.04 Å². The minimum absolute atomic E-state index is 0.537. The molecule has 0 heterocycles. The Kier molecular flexibility index (Phi) is 6.29. The molecule has 1 N–H and O–H groups in total. The van der Waals surface area contributed by atoms with Gasteiger partial charge >= 0.3 is 0 Å². The van der Waals surface area contributed by atoms with Crippen LogP contribution in [0.2, 0.25) is 0 Å². The van der Waals surface area contributed by atoms with Crippen molar-refractivity contribution in [1.29, 1.82) is 0 Å². The predicted molar refractivity (Wildman–Crippen MR) is 92.5 cm³/mol. The van der Waals surface area contributed by atoms with Gasteiger partial charge in [-0.15, -0.1) is 0 Å². The minimum atomic E-state index is 0.537. The van der Waals surface area contributed by atoms with Gasteiger partial charge in [-0.3, -0.25) is 0 Å². The molecule has 0 spiro atoms. The summed E-state index contributed by atoms with van der Waals surface area (Å²) in [5.74, 6) is 2.52. The van der Waals surface area contributed by atoms with Crippen LogP contribution in [0.3, 0.4) is 0 Å². The Morgan fingerprint density at radius 2 is 1.86 bits per heavy atom. The zero-order valence-corrected chi connectivity index (χ0v) is 14.4. The van der Waals surface area contributed by atoms with Crippen molar-refractivity contribution in [3.05, 3.63) is 35.4 Å². The quantitative estimate of drug-likeness (QED) is 0.742. The van der Waals surface area contributed by atoms with Gasteiger partial charge in [-0.25, -0.2) is 0 Å². The van der Waals surface area contributed by atoms with Crippen molar-refractivity contribution >= 4 is 0 Å². The Balaban J connectivity index is 2.07. The number of benzene rings is 1. The number of rotatable bonds is 6. The highest BCUT2D eigenvalue weighted by Gasteiger charge is 2.27. The van der Waals surface area contributed by atoms with Crippen LogP contribution in [0.4, 0.5) is 0 Å². The van der Waals surface area contributed by atoms with Gasteiger partial charge in [0.1, 0.15) is 0 Å². The maximum Gasteiger partial charge on any atom is 0.0346 e. The van der Waals surface area contributed by atoms with E-state index in [0.717, 1.165) is 17.8 Å². The van der Waals surface area contributed by atoms with Crippen LogP contribution >= 0.6 is 0 Å². The van der Waals surface area contributed by atoms with Gasteiger partial charge in [0.2, 0.25) is 0 Å². The molecule has 1 atom stereocenters. The molecule has 0 aromatic heterocycles. The lowest BCUT2D eigenvalue weighted by Gasteiger charge is -2.34. The largest absolute Gasteiger partial charge is 0.313 e. The minimum Gasteiger partial charge on any atom is -0.313 e. The summed E-state index contributed by atoms with van der Waals surface area (Å²) in [6.07, 6.45) is 8.17. The first-order chi connectivity index (χ1) is 10.1. The molecule has 1 saturated carbocycles. The van der Waals surface area contributed by atoms with E-state index in [1.165, 1.54) is 49.7 Å². The second-order valence-electron chi connectivity index (χ2n) is 7.30. The molecule has 1 fully saturated rings. The molecular weight excluding hydrogens is 254 g/mol. The highest BCUT2D eigenvalue weighted by Crippen LogP contribution is 2.38. The van der Waals surface area contributed by atoms with Gasteiger partial charge in [0, 0.05) is 6.04 Å². The summed E-state index contributed by atoms with van der Waals surface area (Å²) < 4.78 is 0. The lowest BCUT2D eigenvalue weighted by atomic mass is 9.76. The van der Waals surface area contributed by atoms with Crippen LogP contribution in [0.5, 0.6) is 0 Å². The van der Waals surface area contributed by atoms with E-state index in [4.69, 9.17) is 0 Å². The van der Waals surface area contributed by atoms with Gasteiger partial charge in [0.25, 0.3) is 0 Å². The lowest BCUT2D eigenvalue weighted by Crippen LogP contribution is -2.28. The van der Waals surface area contributed by atoms with Gasteiger partial charge < -0.3 is 5.32 Å².